The van der Waals surface area contributed by atoms with E-state index in [-0.39, 0.29) is 5.82 Å². The fraction of sp³-hybridized carbons (Fsp3) is 0.571. The SMILES string of the molecule is CNCCCc1nc(C(N)=O)no1. The summed E-state index contributed by atoms with van der Waals surface area (Å²) in [6, 6.07) is 0. The van der Waals surface area contributed by atoms with Crippen molar-refractivity contribution in [3.63, 3.8) is 0 Å². The van der Waals surface area contributed by atoms with Crippen LogP contribution in [-0.4, -0.2) is 29.6 Å². The summed E-state index contributed by atoms with van der Waals surface area (Å²) in [5, 5.41) is 6.40. The second-order valence-electron chi connectivity index (χ2n) is 2.58. The maximum atomic E-state index is 10.6. The summed E-state index contributed by atoms with van der Waals surface area (Å²) in [5.74, 6) is -0.271. The lowest BCUT2D eigenvalue weighted by molar-refractivity contribution is 0.0987. The van der Waals surface area contributed by atoms with Crippen molar-refractivity contribution in [1.82, 2.24) is 15.5 Å². The van der Waals surface area contributed by atoms with Gasteiger partial charge in [-0.25, -0.2) is 0 Å². The van der Waals surface area contributed by atoms with Crippen molar-refractivity contribution in [2.75, 3.05) is 13.6 Å². The minimum Gasteiger partial charge on any atom is -0.363 e. The van der Waals surface area contributed by atoms with Gasteiger partial charge in [0.15, 0.2) is 0 Å². The third-order valence-electron chi connectivity index (χ3n) is 1.51. The Morgan fingerprint density at radius 3 is 3.00 bits per heavy atom. The summed E-state index contributed by atoms with van der Waals surface area (Å²) in [4.78, 5) is 14.4. The standard InChI is InChI=1S/C7H12N4O2/c1-9-4-2-3-5-10-7(6(8)12)11-13-5/h9H,2-4H2,1H3,(H2,8,12). The number of aryl methyl sites for hydroxylation is 1. The van der Waals surface area contributed by atoms with Crippen LogP contribution in [0, 0.1) is 0 Å². The van der Waals surface area contributed by atoms with Gasteiger partial charge in [-0.1, -0.05) is 5.16 Å². The zero-order chi connectivity index (χ0) is 9.68. The number of aromatic nitrogens is 2. The van der Waals surface area contributed by atoms with E-state index in [1.165, 1.54) is 0 Å². The molecule has 0 radical (unpaired) electrons. The highest BCUT2D eigenvalue weighted by atomic mass is 16.5. The van der Waals surface area contributed by atoms with Gasteiger partial charge in [0.1, 0.15) is 0 Å². The molecule has 72 valence electrons. The first kappa shape index (κ1) is 9.66. The van der Waals surface area contributed by atoms with Crippen molar-refractivity contribution >= 4 is 5.91 Å². The maximum absolute atomic E-state index is 10.6. The molecule has 0 aliphatic rings. The first-order valence-corrected chi connectivity index (χ1v) is 4.01. The molecule has 0 aliphatic carbocycles. The van der Waals surface area contributed by atoms with Gasteiger partial charge in [-0.3, -0.25) is 4.79 Å². The normalized spacial score (nSPS) is 10.2. The minimum absolute atomic E-state index is 0.0561. The second-order valence-corrected chi connectivity index (χ2v) is 2.58. The molecule has 13 heavy (non-hydrogen) atoms. The first-order valence-electron chi connectivity index (χ1n) is 4.01. The number of carbonyl (C=O) groups excluding carboxylic acids is 1. The highest BCUT2D eigenvalue weighted by Gasteiger charge is 2.09. The smallest absolute Gasteiger partial charge is 0.290 e. The fourth-order valence-corrected chi connectivity index (χ4v) is 0.873. The van der Waals surface area contributed by atoms with E-state index in [0.29, 0.717) is 12.3 Å². The molecule has 1 heterocycles. The molecule has 0 aromatic carbocycles. The predicted molar refractivity (Wildman–Crippen MR) is 45.1 cm³/mol. The zero-order valence-corrected chi connectivity index (χ0v) is 7.41. The van der Waals surface area contributed by atoms with E-state index < -0.39 is 5.91 Å². The van der Waals surface area contributed by atoms with E-state index in [2.05, 4.69) is 15.5 Å². The molecule has 0 unspecified atom stereocenters. The topological polar surface area (TPSA) is 94.0 Å². The van der Waals surface area contributed by atoms with Gasteiger partial charge in [-0.05, 0) is 20.0 Å². The Kier molecular flexibility index (Phi) is 3.39. The number of amides is 1. The van der Waals surface area contributed by atoms with Crippen LogP contribution in [0.2, 0.25) is 0 Å². The van der Waals surface area contributed by atoms with E-state index >= 15 is 0 Å². The van der Waals surface area contributed by atoms with Crippen molar-refractivity contribution in [1.29, 1.82) is 0 Å². The Hall–Kier alpha value is -1.43. The van der Waals surface area contributed by atoms with Gasteiger partial charge in [0.05, 0.1) is 0 Å². The molecular formula is C7H12N4O2. The molecule has 1 rings (SSSR count). The van der Waals surface area contributed by atoms with Crippen LogP contribution < -0.4 is 11.1 Å². The van der Waals surface area contributed by atoms with Gasteiger partial charge in [0.25, 0.3) is 11.7 Å². The van der Waals surface area contributed by atoms with Crippen LogP contribution in [0.15, 0.2) is 4.52 Å². The summed E-state index contributed by atoms with van der Waals surface area (Å²) in [5.41, 5.74) is 4.95. The van der Waals surface area contributed by atoms with Gasteiger partial charge >= 0.3 is 0 Å². The average molecular weight is 184 g/mol. The number of nitrogens with one attached hydrogen (secondary N) is 1. The van der Waals surface area contributed by atoms with Gasteiger partial charge in [-0.15, -0.1) is 0 Å². The molecule has 0 fully saturated rings. The van der Waals surface area contributed by atoms with Crippen molar-refractivity contribution in [2.24, 2.45) is 5.73 Å². The Bertz CT molecular complexity index is 284. The second kappa shape index (κ2) is 4.56. The number of nitrogens with two attached hydrogens (primary N) is 1. The molecule has 6 nitrogen and oxygen atoms in total. The first-order chi connectivity index (χ1) is 6.24. The summed E-state index contributed by atoms with van der Waals surface area (Å²) in [6.45, 7) is 0.869. The van der Waals surface area contributed by atoms with E-state index in [9.17, 15) is 4.79 Å². The van der Waals surface area contributed by atoms with Crippen molar-refractivity contribution < 1.29 is 9.32 Å². The molecule has 1 amide bonds. The van der Waals surface area contributed by atoms with Crippen LogP contribution in [-0.2, 0) is 6.42 Å². The number of nitrogens with zero attached hydrogens (tertiary/aromatic N) is 2. The third-order valence-corrected chi connectivity index (χ3v) is 1.51. The fourth-order valence-electron chi connectivity index (χ4n) is 0.873. The van der Waals surface area contributed by atoms with Gasteiger partial charge in [0, 0.05) is 6.42 Å². The average Bonchev–Trinajstić information content (AvgIpc) is 2.53. The van der Waals surface area contributed by atoms with Crippen molar-refractivity contribution in [3.8, 4) is 0 Å². The molecule has 0 spiro atoms. The lowest BCUT2D eigenvalue weighted by Gasteiger charge is -1.93. The van der Waals surface area contributed by atoms with Crippen LogP contribution in [0.3, 0.4) is 0 Å². The van der Waals surface area contributed by atoms with E-state index in [4.69, 9.17) is 10.3 Å². The molecule has 0 atom stereocenters. The van der Waals surface area contributed by atoms with Gasteiger partial charge < -0.3 is 15.6 Å². The van der Waals surface area contributed by atoms with Crippen molar-refractivity contribution in [2.45, 2.75) is 12.8 Å². The lowest BCUT2D eigenvalue weighted by Crippen LogP contribution is -2.13. The Balaban J connectivity index is 2.44. The van der Waals surface area contributed by atoms with Crippen LogP contribution >= 0.6 is 0 Å². The van der Waals surface area contributed by atoms with E-state index in [0.717, 1.165) is 13.0 Å². The van der Waals surface area contributed by atoms with Crippen LogP contribution in [0.5, 0.6) is 0 Å². The number of carbonyl (C=O) groups is 1. The monoisotopic (exact) mass is 184 g/mol. The summed E-state index contributed by atoms with van der Waals surface area (Å²) in [7, 11) is 1.86. The number of primary amides is 1. The quantitative estimate of drug-likeness (QED) is 0.591. The maximum Gasteiger partial charge on any atom is 0.290 e. The molecule has 0 aliphatic heterocycles. The van der Waals surface area contributed by atoms with E-state index in [1.54, 1.807) is 0 Å². The highest BCUT2D eigenvalue weighted by Crippen LogP contribution is 1.99. The summed E-state index contributed by atoms with van der Waals surface area (Å²) >= 11 is 0. The Morgan fingerprint density at radius 1 is 1.69 bits per heavy atom. The molecule has 3 N–H and O–H groups in total. The molecule has 0 bridgehead atoms. The number of hydrogen-bond acceptors (Lipinski definition) is 5. The largest absolute Gasteiger partial charge is 0.363 e. The van der Waals surface area contributed by atoms with Crippen molar-refractivity contribution in [3.05, 3.63) is 11.7 Å². The molecular weight excluding hydrogens is 172 g/mol. The predicted octanol–water partition coefficient (Wildman–Crippen LogP) is -0.679. The third kappa shape index (κ3) is 2.83. The Labute approximate surface area is 75.5 Å². The molecule has 6 heteroatoms. The summed E-state index contributed by atoms with van der Waals surface area (Å²) < 4.78 is 4.78. The highest BCUT2D eigenvalue weighted by molar-refractivity contribution is 5.88. The van der Waals surface area contributed by atoms with Gasteiger partial charge in [0.2, 0.25) is 5.89 Å². The van der Waals surface area contributed by atoms with E-state index in [1.807, 2.05) is 7.05 Å². The van der Waals surface area contributed by atoms with Crippen LogP contribution in [0.4, 0.5) is 0 Å². The van der Waals surface area contributed by atoms with Gasteiger partial charge in [-0.2, -0.15) is 4.98 Å². The zero-order valence-electron chi connectivity index (χ0n) is 7.41. The molecule has 0 saturated heterocycles. The minimum atomic E-state index is -0.663. The lowest BCUT2D eigenvalue weighted by atomic mass is 10.3. The number of rotatable bonds is 5. The number of hydrogen-bond donors (Lipinski definition) is 2. The van der Waals surface area contributed by atoms with Crippen LogP contribution in [0.25, 0.3) is 0 Å². The van der Waals surface area contributed by atoms with Crippen LogP contribution in [0.1, 0.15) is 22.9 Å². The Morgan fingerprint density at radius 2 is 2.46 bits per heavy atom. The molecule has 1 aromatic rings. The summed E-state index contributed by atoms with van der Waals surface area (Å²) in [6.07, 6.45) is 1.54. The molecule has 0 saturated carbocycles. The molecule has 1 aromatic heterocycles.